The van der Waals surface area contributed by atoms with E-state index in [4.69, 9.17) is 52.8 Å². The van der Waals surface area contributed by atoms with Crippen molar-refractivity contribution in [3.63, 3.8) is 0 Å². The maximum absolute atomic E-state index is 13.3. The molecule has 0 N–H and O–H groups in total. The van der Waals surface area contributed by atoms with Gasteiger partial charge in [0.1, 0.15) is 0 Å². The zero-order valence-electron chi connectivity index (χ0n) is 49.3. The zero-order chi connectivity index (χ0) is 66.5. The molecule has 8 aromatic rings. The largest absolute Gasteiger partial charge is 0.245 e. The monoisotopic (exact) mass is 1570 g/mol. The maximum atomic E-state index is 13.3. The molecule has 93 heavy (non-hydrogen) atoms. The summed E-state index contributed by atoms with van der Waals surface area (Å²) in [5, 5.41) is 10.0. The van der Waals surface area contributed by atoms with Crippen molar-refractivity contribution in [1.82, 2.24) is 0 Å². The van der Waals surface area contributed by atoms with Crippen LogP contribution in [-0.4, -0.2) is 16.8 Å². The Labute approximate surface area is 616 Å². The highest BCUT2D eigenvalue weighted by atomic mass is 35.5. The first-order valence-corrected chi connectivity index (χ1v) is 45.4. The quantitative estimate of drug-likeness (QED) is 0.0407. The lowest BCUT2D eigenvalue weighted by Crippen LogP contribution is -2.07. The van der Waals surface area contributed by atoms with Crippen LogP contribution >= 0.6 is 58.2 Å². The van der Waals surface area contributed by atoms with Gasteiger partial charge in [0.15, 0.2) is 0 Å². The standard InChI is InChI=1S/C19H15ClO2S.C19H17ClO2S.C19H17ClS.C13H13Cl.CH4.S8.S3/c20-15-10-9-14-11-13-5-4-8-17(13)19(18(14)12-15)23(21,22)16-6-2-1-3-7-16;20-18-14-12-17(13-15-18)9-5-2-1-3-8-16-23(21,22)19-10-6-4-7-11-19;20-18-14-12-17(13-15-18)9-5-2-1-3-8-16-21-19-10-6-4-7-11-19;1-2-3-4-5-6-7-12-8-10-13(14)11-9-12;;1-3-5-7-8-6-4-2;1-3-2/h1-3,6-7,9-12H,4-5,8H2;4-7,9-15H,1-3H2;4-7,9-15H,1-3H2;1,6-11H,3-5H2;1H4;;/b;2*9-5+;7-6+;;;. The van der Waals surface area contributed by atoms with Gasteiger partial charge in [-0.2, -0.15) is 0 Å². The first kappa shape index (κ1) is 83.0. The van der Waals surface area contributed by atoms with Crippen molar-refractivity contribution in [1.29, 1.82) is 0 Å². The molecule has 1 aliphatic carbocycles. The zero-order valence-corrected chi connectivity index (χ0v) is 63.7. The molecule has 0 heterocycles. The van der Waals surface area contributed by atoms with Crippen LogP contribution < -0.4 is 0 Å². The molecule has 0 unspecified atom stereocenters. The Morgan fingerprint density at radius 1 is 0.495 bits per heavy atom. The molecule has 0 spiro atoms. The second kappa shape index (κ2) is 50.2. The number of allylic oxidation sites excluding steroid dienone is 3. The molecule has 0 atom stereocenters. The third kappa shape index (κ3) is 34.5. The normalized spacial score (nSPS) is 10.8. The highest BCUT2D eigenvalue weighted by Crippen LogP contribution is 2.39. The number of hydrogen-bond donors (Lipinski definition) is 0. The predicted octanol–water partition coefficient (Wildman–Crippen LogP) is 20.8. The summed E-state index contributed by atoms with van der Waals surface area (Å²) < 4.78 is 50.4. The van der Waals surface area contributed by atoms with E-state index < -0.39 is 19.7 Å². The number of thioether (sulfide) groups is 1. The van der Waals surface area contributed by atoms with Gasteiger partial charge >= 0.3 is 0 Å². The van der Waals surface area contributed by atoms with Gasteiger partial charge in [-0.25, -0.2) is 16.8 Å². The molecule has 1 aliphatic rings. The predicted molar refractivity (Wildman–Crippen MR) is 434 cm³/mol. The van der Waals surface area contributed by atoms with Crippen molar-refractivity contribution in [3.8, 4) is 34.7 Å². The number of rotatable bonds is 16. The Morgan fingerprint density at radius 2 is 0.925 bits per heavy atom. The van der Waals surface area contributed by atoms with E-state index in [1.54, 1.807) is 108 Å². The number of benzene rings is 8. The molecule has 9 rings (SSSR count). The molecule has 22 heteroatoms. The van der Waals surface area contributed by atoms with Crippen molar-refractivity contribution in [3.05, 3.63) is 254 Å². The molecule has 0 saturated carbocycles. The highest BCUT2D eigenvalue weighted by Gasteiger charge is 2.28. The molecule has 0 amide bonds. The summed E-state index contributed by atoms with van der Waals surface area (Å²) in [6.45, 7) is 0. The number of aryl methyl sites for hydroxylation is 1. The SMILES string of the molecule is C.C#CCCC/C=C/c1ccc(Cl)cc1.Clc1ccc(/C=C/CCCC#CSc2ccccc2)cc1.O=S(=O)(C#CCCC/C=C/c1ccc(Cl)cc1)c1ccccc1.O=S(=O)(c1ccccc1)c1c2c(cc3ccc(Cl)cc13)CCC2.S=S=S.S=S=S=S=S=S=S=S. The van der Waals surface area contributed by atoms with Crippen molar-refractivity contribution in [2.75, 3.05) is 0 Å². The lowest BCUT2D eigenvalue weighted by atomic mass is 10.0. The first-order chi connectivity index (χ1) is 44.6. The van der Waals surface area contributed by atoms with Crippen molar-refractivity contribution >= 4 is 214 Å². The molecular weight excluding hydrogens is 1510 g/mol. The van der Waals surface area contributed by atoms with Gasteiger partial charge in [0.25, 0.3) is 0 Å². The summed E-state index contributed by atoms with van der Waals surface area (Å²) in [7, 11) is 2.98. The molecule has 4 nitrogen and oxygen atoms in total. The Bertz CT molecular complexity index is 4400. The molecule has 0 aromatic heterocycles. The van der Waals surface area contributed by atoms with E-state index in [0.717, 1.165) is 122 Å². The van der Waals surface area contributed by atoms with Crippen LogP contribution in [0.3, 0.4) is 0 Å². The third-order valence-corrected chi connectivity index (χ3v) is 28.5. The lowest BCUT2D eigenvalue weighted by molar-refractivity contribution is 0.595. The fourth-order valence-corrected chi connectivity index (χ4v) is 23.0. The van der Waals surface area contributed by atoms with E-state index in [-0.39, 0.29) is 12.3 Å². The van der Waals surface area contributed by atoms with Gasteiger partial charge in [-0.3, -0.25) is 0 Å². The Balaban J connectivity index is 0.000000309. The van der Waals surface area contributed by atoms with E-state index in [9.17, 15) is 16.8 Å². The van der Waals surface area contributed by atoms with Crippen LogP contribution in [-0.2, 0) is 139 Å². The van der Waals surface area contributed by atoms with E-state index in [1.165, 1.54) is 33.8 Å². The van der Waals surface area contributed by atoms with Gasteiger partial charge in [-0.05, 0) is 193 Å². The maximum Gasteiger partial charge on any atom is 0.245 e. The first-order valence-electron chi connectivity index (χ1n) is 28.1. The number of hydrogen-bond acceptors (Lipinski definition) is 9. The minimum atomic E-state index is -3.57. The van der Waals surface area contributed by atoms with E-state index in [1.807, 2.05) is 115 Å². The summed E-state index contributed by atoms with van der Waals surface area (Å²) >= 11 is 42.6. The number of unbranched alkanes of at least 4 members (excludes halogenated alkanes) is 6. The van der Waals surface area contributed by atoms with Crippen molar-refractivity contribution in [2.45, 2.75) is 104 Å². The topological polar surface area (TPSA) is 68.3 Å². The average Bonchev–Trinajstić information content (AvgIpc) is 1.75. The second-order valence-corrected chi connectivity index (χ2v) is 37.5. The Morgan fingerprint density at radius 3 is 1.39 bits per heavy atom. The van der Waals surface area contributed by atoms with E-state index >= 15 is 0 Å². The minimum Gasteiger partial charge on any atom is -0.218 e. The minimum absolute atomic E-state index is 0. The Hall–Kier alpha value is -4.25. The molecular formula is C71H66Cl4O4S14. The summed E-state index contributed by atoms with van der Waals surface area (Å²) in [5.41, 5.74) is 5.56. The molecule has 0 radical (unpaired) electrons. The van der Waals surface area contributed by atoms with Crippen molar-refractivity contribution in [2.24, 2.45) is 0 Å². The van der Waals surface area contributed by atoms with Gasteiger partial charge in [0.05, 0.1) is 14.7 Å². The van der Waals surface area contributed by atoms with E-state index in [0.29, 0.717) is 21.2 Å². The second-order valence-electron chi connectivity index (χ2n) is 18.9. The van der Waals surface area contributed by atoms with Crippen LogP contribution in [0.2, 0.25) is 20.1 Å². The number of halogens is 4. The fourth-order valence-electron chi connectivity index (χ4n) is 8.21. The van der Waals surface area contributed by atoms with E-state index in [2.05, 4.69) is 122 Å². The number of fused-ring (bicyclic) bond motifs is 2. The van der Waals surface area contributed by atoms with Crippen LogP contribution in [0.1, 0.15) is 99.5 Å². The van der Waals surface area contributed by atoms with Gasteiger partial charge in [0.2, 0.25) is 19.7 Å². The summed E-state index contributed by atoms with van der Waals surface area (Å²) in [5.74, 6) is 8.57. The molecule has 0 aliphatic heterocycles. The third-order valence-electron chi connectivity index (χ3n) is 12.4. The van der Waals surface area contributed by atoms with Crippen LogP contribution in [0.5, 0.6) is 0 Å². The summed E-state index contributed by atoms with van der Waals surface area (Å²) in [6.07, 6.45) is 28.7. The molecule has 0 bridgehead atoms. The fraction of sp³-hybridized carbons (Fsp3) is 0.183. The molecule has 486 valence electrons. The van der Waals surface area contributed by atoms with Crippen LogP contribution in [0, 0.1) is 34.7 Å². The summed E-state index contributed by atoms with van der Waals surface area (Å²) in [4.78, 5) is 2.22. The smallest absolute Gasteiger partial charge is 0.218 e. The number of sulfone groups is 2. The van der Waals surface area contributed by atoms with Crippen LogP contribution in [0.25, 0.3) is 29.0 Å². The van der Waals surface area contributed by atoms with Gasteiger partial charge in [-0.15, -0.1) is 12.3 Å². The van der Waals surface area contributed by atoms with Crippen LogP contribution in [0.15, 0.2) is 226 Å². The summed E-state index contributed by atoms with van der Waals surface area (Å²) in [6, 6.07) is 58.0. The highest BCUT2D eigenvalue weighted by molar-refractivity contribution is 8.70. The van der Waals surface area contributed by atoms with Crippen molar-refractivity contribution < 1.29 is 16.8 Å². The lowest BCUT2D eigenvalue weighted by Gasteiger charge is -2.14. The average molecular weight is 1570 g/mol. The van der Waals surface area contributed by atoms with Gasteiger partial charge in [0, 0.05) is 162 Å². The van der Waals surface area contributed by atoms with Gasteiger partial charge in [-0.1, -0.05) is 205 Å². The number of terminal acetylenes is 1. The van der Waals surface area contributed by atoms with Crippen LogP contribution in [0.4, 0.5) is 0 Å². The molecule has 8 aromatic carbocycles. The molecule has 0 saturated heterocycles. The Kier molecular flexibility index (Phi) is 44.7. The van der Waals surface area contributed by atoms with Gasteiger partial charge < -0.3 is 0 Å². The molecule has 0 fully saturated rings.